The lowest BCUT2D eigenvalue weighted by atomic mass is 10.2. The highest BCUT2D eigenvalue weighted by Gasteiger charge is 2.06. The number of ether oxygens (including phenoxy) is 1. The third kappa shape index (κ3) is 6.04. The number of para-hydroxylation sites is 1. The fraction of sp³-hybridized carbons (Fsp3) is 0.200. The molecule has 2 amide bonds. The summed E-state index contributed by atoms with van der Waals surface area (Å²) in [6.45, 7) is 2.18. The molecule has 0 saturated carbocycles. The van der Waals surface area contributed by atoms with E-state index in [4.69, 9.17) is 4.74 Å². The van der Waals surface area contributed by atoms with Crippen molar-refractivity contribution in [2.45, 2.75) is 13.3 Å². The van der Waals surface area contributed by atoms with Crippen molar-refractivity contribution in [3.05, 3.63) is 64.1 Å². The molecule has 2 N–H and O–H groups in total. The molecule has 0 spiro atoms. The second kappa shape index (κ2) is 9.77. The second-order valence-corrected chi connectivity index (χ2v) is 6.54. The van der Waals surface area contributed by atoms with Crippen LogP contribution in [0.3, 0.4) is 0 Å². The number of nitrogens with one attached hydrogen (secondary N) is 2. The molecule has 0 aromatic heterocycles. The molecule has 0 aliphatic heterocycles. The smallest absolute Gasteiger partial charge is 0.244 e. The molecule has 0 unspecified atom stereocenters. The Labute approximate surface area is 161 Å². The lowest BCUT2D eigenvalue weighted by Gasteiger charge is -2.09. The molecule has 2 aromatic rings. The number of carbonyl (C=O) groups is 2. The zero-order chi connectivity index (χ0) is 18.9. The van der Waals surface area contributed by atoms with Gasteiger partial charge in [-0.05, 0) is 36.8 Å². The van der Waals surface area contributed by atoms with E-state index in [1.807, 2.05) is 49.4 Å². The molecule has 0 fully saturated rings. The van der Waals surface area contributed by atoms with E-state index in [2.05, 4.69) is 26.6 Å². The minimum absolute atomic E-state index is 0.153. The van der Waals surface area contributed by atoms with Crippen LogP contribution in [0.4, 0.5) is 5.69 Å². The Morgan fingerprint density at radius 2 is 1.96 bits per heavy atom. The fourth-order valence-electron chi connectivity index (χ4n) is 2.27. The molecular formula is C20H21BrN2O3. The third-order valence-electron chi connectivity index (χ3n) is 3.68. The Morgan fingerprint density at radius 1 is 1.19 bits per heavy atom. The average molecular weight is 417 g/mol. The molecule has 0 saturated heterocycles. The van der Waals surface area contributed by atoms with Gasteiger partial charge in [0.1, 0.15) is 5.75 Å². The predicted molar refractivity (Wildman–Crippen MR) is 107 cm³/mol. The molecule has 2 aromatic carbocycles. The maximum absolute atomic E-state index is 12.0. The standard InChI is InChI=1S/C20H21BrN2O3/c1-14-7-9-16(21)13-17(14)23-20(25)11-12-22-19(24)10-8-15-5-3-4-6-18(15)26-2/h3-10,13H,11-12H2,1-2H3,(H,22,24)(H,23,25)/b10-8+. The molecule has 136 valence electrons. The Kier molecular flexibility index (Phi) is 7.41. The highest BCUT2D eigenvalue weighted by molar-refractivity contribution is 9.10. The number of aryl methyl sites for hydroxylation is 1. The summed E-state index contributed by atoms with van der Waals surface area (Å²) in [5, 5.41) is 5.54. The molecule has 0 aliphatic rings. The van der Waals surface area contributed by atoms with E-state index in [1.165, 1.54) is 6.08 Å². The first-order valence-electron chi connectivity index (χ1n) is 8.14. The Hall–Kier alpha value is -2.60. The number of benzene rings is 2. The molecule has 0 aliphatic carbocycles. The minimum Gasteiger partial charge on any atom is -0.496 e. The van der Waals surface area contributed by atoms with Crippen molar-refractivity contribution in [2.75, 3.05) is 19.0 Å². The number of amides is 2. The SMILES string of the molecule is COc1ccccc1/C=C/C(=O)NCCC(=O)Nc1cc(Br)ccc1C. The Balaban J connectivity index is 1.80. The van der Waals surface area contributed by atoms with Crippen molar-refractivity contribution < 1.29 is 14.3 Å². The van der Waals surface area contributed by atoms with Gasteiger partial charge in [0.2, 0.25) is 11.8 Å². The summed E-state index contributed by atoms with van der Waals surface area (Å²) in [6.07, 6.45) is 3.30. The number of carbonyl (C=O) groups excluding carboxylic acids is 2. The van der Waals surface area contributed by atoms with Gasteiger partial charge >= 0.3 is 0 Å². The Morgan fingerprint density at radius 3 is 2.73 bits per heavy atom. The van der Waals surface area contributed by atoms with E-state index in [1.54, 1.807) is 13.2 Å². The topological polar surface area (TPSA) is 67.4 Å². The summed E-state index contributed by atoms with van der Waals surface area (Å²) in [6, 6.07) is 13.1. The monoisotopic (exact) mass is 416 g/mol. The summed E-state index contributed by atoms with van der Waals surface area (Å²) < 4.78 is 6.12. The molecule has 0 radical (unpaired) electrons. The van der Waals surface area contributed by atoms with E-state index >= 15 is 0 Å². The fourth-order valence-corrected chi connectivity index (χ4v) is 2.63. The van der Waals surface area contributed by atoms with Crippen LogP contribution in [0.25, 0.3) is 6.08 Å². The molecular weight excluding hydrogens is 396 g/mol. The lowest BCUT2D eigenvalue weighted by Crippen LogP contribution is -2.26. The van der Waals surface area contributed by atoms with Crippen LogP contribution >= 0.6 is 15.9 Å². The first kappa shape index (κ1) is 19.7. The maximum atomic E-state index is 12.0. The molecule has 0 heterocycles. The van der Waals surface area contributed by atoms with Crippen LogP contribution in [-0.4, -0.2) is 25.5 Å². The maximum Gasteiger partial charge on any atom is 0.244 e. The van der Waals surface area contributed by atoms with Crippen molar-refractivity contribution in [3.8, 4) is 5.75 Å². The van der Waals surface area contributed by atoms with Gasteiger partial charge in [-0.2, -0.15) is 0 Å². The second-order valence-electron chi connectivity index (χ2n) is 5.62. The van der Waals surface area contributed by atoms with Gasteiger partial charge in [-0.3, -0.25) is 9.59 Å². The first-order chi connectivity index (χ1) is 12.5. The van der Waals surface area contributed by atoms with Crippen molar-refractivity contribution in [1.82, 2.24) is 5.32 Å². The first-order valence-corrected chi connectivity index (χ1v) is 8.94. The molecule has 0 bridgehead atoms. The predicted octanol–water partition coefficient (Wildman–Crippen LogP) is 3.92. The molecule has 6 heteroatoms. The largest absolute Gasteiger partial charge is 0.496 e. The van der Waals surface area contributed by atoms with E-state index in [9.17, 15) is 9.59 Å². The third-order valence-corrected chi connectivity index (χ3v) is 4.17. The van der Waals surface area contributed by atoms with Gasteiger partial charge in [-0.25, -0.2) is 0 Å². The van der Waals surface area contributed by atoms with Crippen LogP contribution in [0.5, 0.6) is 5.75 Å². The van der Waals surface area contributed by atoms with Crippen molar-refractivity contribution in [3.63, 3.8) is 0 Å². The van der Waals surface area contributed by atoms with E-state index in [-0.39, 0.29) is 24.8 Å². The Bertz CT molecular complexity index is 818. The van der Waals surface area contributed by atoms with E-state index < -0.39 is 0 Å². The highest BCUT2D eigenvalue weighted by Crippen LogP contribution is 2.20. The zero-order valence-electron chi connectivity index (χ0n) is 14.7. The summed E-state index contributed by atoms with van der Waals surface area (Å²) in [5.74, 6) is 0.280. The summed E-state index contributed by atoms with van der Waals surface area (Å²) in [5.41, 5.74) is 2.55. The summed E-state index contributed by atoms with van der Waals surface area (Å²) in [7, 11) is 1.58. The zero-order valence-corrected chi connectivity index (χ0v) is 16.3. The van der Waals surface area contributed by atoms with Crippen LogP contribution in [0.1, 0.15) is 17.5 Å². The van der Waals surface area contributed by atoms with Crippen molar-refractivity contribution in [2.24, 2.45) is 0 Å². The van der Waals surface area contributed by atoms with Crippen LogP contribution in [-0.2, 0) is 9.59 Å². The number of hydrogen-bond acceptors (Lipinski definition) is 3. The van der Waals surface area contributed by atoms with Gasteiger partial charge in [0, 0.05) is 34.8 Å². The van der Waals surface area contributed by atoms with E-state index in [0.29, 0.717) is 5.75 Å². The van der Waals surface area contributed by atoms with Gasteiger partial charge in [0.15, 0.2) is 0 Å². The molecule has 0 atom stereocenters. The van der Waals surface area contributed by atoms with Gasteiger partial charge in [-0.15, -0.1) is 0 Å². The van der Waals surface area contributed by atoms with Crippen molar-refractivity contribution in [1.29, 1.82) is 0 Å². The van der Waals surface area contributed by atoms with Gasteiger partial charge in [0.05, 0.1) is 7.11 Å². The number of anilines is 1. The van der Waals surface area contributed by atoms with Crippen LogP contribution in [0.2, 0.25) is 0 Å². The van der Waals surface area contributed by atoms with Gasteiger partial charge < -0.3 is 15.4 Å². The molecule has 5 nitrogen and oxygen atoms in total. The highest BCUT2D eigenvalue weighted by atomic mass is 79.9. The number of halogens is 1. The summed E-state index contributed by atoms with van der Waals surface area (Å²) in [4.78, 5) is 23.9. The van der Waals surface area contributed by atoms with Crippen LogP contribution < -0.4 is 15.4 Å². The summed E-state index contributed by atoms with van der Waals surface area (Å²) >= 11 is 3.38. The molecule has 2 rings (SSSR count). The minimum atomic E-state index is -0.262. The molecule has 26 heavy (non-hydrogen) atoms. The van der Waals surface area contributed by atoms with Gasteiger partial charge in [0.25, 0.3) is 0 Å². The number of rotatable bonds is 7. The normalized spacial score (nSPS) is 10.6. The number of methoxy groups -OCH3 is 1. The number of hydrogen-bond donors (Lipinski definition) is 2. The van der Waals surface area contributed by atoms with Crippen molar-refractivity contribution >= 4 is 39.5 Å². The van der Waals surface area contributed by atoms with Crippen LogP contribution in [0.15, 0.2) is 53.0 Å². The quantitative estimate of drug-likeness (QED) is 0.671. The van der Waals surface area contributed by atoms with Crippen LogP contribution in [0, 0.1) is 6.92 Å². The van der Waals surface area contributed by atoms with E-state index in [0.717, 1.165) is 21.3 Å². The van der Waals surface area contributed by atoms with Gasteiger partial charge in [-0.1, -0.05) is 40.2 Å². The average Bonchev–Trinajstić information content (AvgIpc) is 2.63. The lowest BCUT2D eigenvalue weighted by molar-refractivity contribution is -0.117.